The second kappa shape index (κ2) is 8.31. The van der Waals surface area contributed by atoms with Gasteiger partial charge in [0, 0.05) is 31.5 Å². The second-order valence-corrected chi connectivity index (χ2v) is 7.74. The van der Waals surface area contributed by atoms with Crippen molar-refractivity contribution < 1.29 is 9.18 Å². The Balaban J connectivity index is 1.59. The topological polar surface area (TPSA) is 128 Å². The molecule has 0 bridgehead atoms. The number of primary amides is 1. The van der Waals surface area contributed by atoms with Crippen LogP contribution in [0.15, 0.2) is 43.0 Å². The highest BCUT2D eigenvalue weighted by atomic mass is 19.1. The highest BCUT2D eigenvalue weighted by Crippen LogP contribution is 2.33. The molecule has 0 radical (unpaired) electrons. The summed E-state index contributed by atoms with van der Waals surface area (Å²) in [6.45, 7) is 3.82. The standard InChI is InChI=1S/C21H25FN8O/c1-14-18(10-25-13-26-14)29-8-6-21(12-23,7-9-29)30-11-17(19(24)31)20(28-30)27-16-4-2-15(22)3-5-16/h2-5,10-11,13H,6-9,12,23H2,1H3,(H2,24,31)(H,27,28). The summed E-state index contributed by atoms with van der Waals surface area (Å²) < 4.78 is 15.0. The van der Waals surface area contributed by atoms with Crippen LogP contribution in [0.2, 0.25) is 0 Å². The lowest BCUT2D eigenvalue weighted by atomic mass is 9.87. The third kappa shape index (κ3) is 4.06. The number of nitrogens with one attached hydrogen (secondary N) is 1. The average molecular weight is 424 g/mol. The number of piperidine rings is 1. The van der Waals surface area contributed by atoms with E-state index in [9.17, 15) is 9.18 Å². The first-order valence-electron chi connectivity index (χ1n) is 10.1. The molecule has 0 saturated carbocycles. The molecule has 1 fully saturated rings. The molecule has 1 saturated heterocycles. The molecule has 10 heteroatoms. The molecule has 0 spiro atoms. The molecule has 2 aromatic heterocycles. The van der Waals surface area contributed by atoms with E-state index in [4.69, 9.17) is 11.5 Å². The number of aryl methyl sites for hydroxylation is 1. The van der Waals surface area contributed by atoms with Gasteiger partial charge in [-0.2, -0.15) is 5.10 Å². The van der Waals surface area contributed by atoms with Crippen molar-refractivity contribution in [3.8, 4) is 0 Å². The summed E-state index contributed by atoms with van der Waals surface area (Å²) in [4.78, 5) is 22.7. The summed E-state index contributed by atoms with van der Waals surface area (Å²) in [5.41, 5.74) is 14.1. The van der Waals surface area contributed by atoms with Crippen LogP contribution >= 0.6 is 0 Å². The fourth-order valence-electron chi connectivity index (χ4n) is 3.94. The van der Waals surface area contributed by atoms with Crippen molar-refractivity contribution in [2.75, 3.05) is 29.9 Å². The molecule has 31 heavy (non-hydrogen) atoms. The summed E-state index contributed by atoms with van der Waals surface area (Å²) >= 11 is 0. The van der Waals surface area contributed by atoms with Gasteiger partial charge in [0.2, 0.25) is 0 Å². The SMILES string of the molecule is Cc1ncncc1N1CCC(CN)(n2cc(C(N)=O)c(Nc3ccc(F)cc3)n2)CC1. The van der Waals surface area contributed by atoms with Gasteiger partial charge in [0.25, 0.3) is 5.91 Å². The molecule has 0 aliphatic carbocycles. The number of carbonyl (C=O) groups is 1. The summed E-state index contributed by atoms with van der Waals surface area (Å²) in [7, 11) is 0. The van der Waals surface area contributed by atoms with E-state index in [2.05, 4.69) is 25.3 Å². The molecule has 5 N–H and O–H groups in total. The van der Waals surface area contributed by atoms with E-state index in [1.165, 1.54) is 18.5 Å². The van der Waals surface area contributed by atoms with Crippen molar-refractivity contribution in [1.29, 1.82) is 0 Å². The predicted molar refractivity (Wildman–Crippen MR) is 116 cm³/mol. The van der Waals surface area contributed by atoms with E-state index in [0.717, 1.165) is 37.3 Å². The first-order chi connectivity index (χ1) is 14.9. The molecular formula is C21H25FN8O. The van der Waals surface area contributed by atoms with Gasteiger partial charge < -0.3 is 21.7 Å². The Kier molecular flexibility index (Phi) is 5.55. The smallest absolute Gasteiger partial charge is 0.254 e. The number of nitrogens with zero attached hydrogens (tertiary/aromatic N) is 5. The summed E-state index contributed by atoms with van der Waals surface area (Å²) in [5, 5.41) is 7.68. The van der Waals surface area contributed by atoms with E-state index in [1.54, 1.807) is 23.0 Å². The average Bonchev–Trinajstić information content (AvgIpc) is 3.21. The summed E-state index contributed by atoms with van der Waals surface area (Å²) in [5.74, 6) is -0.627. The minimum Gasteiger partial charge on any atom is -0.369 e. The molecule has 0 unspecified atom stereocenters. The van der Waals surface area contributed by atoms with Crippen LogP contribution in [0.25, 0.3) is 0 Å². The summed E-state index contributed by atoms with van der Waals surface area (Å²) in [6.07, 6.45) is 6.47. The largest absolute Gasteiger partial charge is 0.369 e. The third-order valence-corrected chi connectivity index (χ3v) is 5.87. The van der Waals surface area contributed by atoms with E-state index in [0.29, 0.717) is 18.1 Å². The Morgan fingerprint density at radius 2 is 1.97 bits per heavy atom. The maximum Gasteiger partial charge on any atom is 0.254 e. The number of benzene rings is 1. The van der Waals surface area contributed by atoms with Gasteiger partial charge in [-0.1, -0.05) is 0 Å². The lowest BCUT2D eigenvalue weighted by Gasteiger charge is -2.42. The Morgan fingerprint density at radius 3 is 2.58 bits per heavy atom. The lowest BCUT2D eigenvalue weighted by Crippen LogP contribution is -2.51. The van der Waals surface area contributed by atoms with Crippen LogP contribution in [-0.4, -0.2) is 45.3 Å². The molecule has 1 amide bonds. The maximum absolute atomic E-state index is 13.2. The highest BCUT2D eigenvalue weighted by Gasteiger charge is 2.37. The molecule has 0 atom stereocenters. The number of halogens is 1. The highest BCUT2D eigenvalue weighted by molar-refractivity contribution is 5.98. The van der Waals surface area contributed by atoms with Crippen molar-refractivity contribution in [1.82, 2.24) is 19.7 Å². The van der Waals surface area contributed by atoms with Gasteiger partial charge in [-0.25, -0.2) is 14.4 Å². The number of hydrogen-bond acceptors (Lipinski definition) is 7. The molecule has 162 valence electrons. The maximum atomic E-state index is 13.2. The predicted octanol–water partition coefficient (Wildman–Crippen LogP) is 1.92. The van der Waals surface area contributed by atoms with Crippen LogP contribution in [0.1, 0.15) is 28.9 Å². The van der Waals surface area contributed by atoms with Crippen LogP contribution in [0.5, 0.6) is 0 Å². The molecule has 3 heterocycles. The van der Waals surface area contributed by atoms with Gasteiger partial charge in [-0.05, 0) is 44.0 Å². The van der Waals surface area contributed by atoms with Crippen LogP contribution in [-0.2, 0) is 5.54 Å². The van der Waals surface area contributed by atoms with Crippen molar-refractivity contribution in [3.63, 3.8) is 0 Å². The van der Waals surface area contributed by atoms with Gasteiger partial charge in [-0.15, -0.1) is 0 Å². The van der Waals surface area contributed by atoms with Crippen LogP contribution in [0.4, 0.5) is 21.6 Å². The van der Waals surface area contributed by atoms with E-state index in [1.807, 2.05) is 13.1 Å². The van der Waals surface area contributed by atoms with Gasteiger partial charge in [-0.3, -0.25) is 9.48 Å². The summed E-state index contributed by atoms with van der Waals surface area (Å²) in [6, 6.07) is 5.80. The zero-order valence-corrected chi connectivity index (χ0v) is 17.3. The number of rotatable bonds is 6. The molecule has 4 rings (SSSR count). The third-order valence-electron chi connectivity index (χ3n) is 5.87. The van der Waals surface area contributed by atoms with Crippen molar-refractivity contribution in [3.05, 3.63) is 60.1 Å². The molecule has 1 aliphatic rings. The number of hydrogen-bond donors (Lipinski definition) is 3. The van der Waals surface area contributed by atoms with E-state index in [-0.39, 0.29) is 11.4 Å². The fourth-order valence-corrected chi connectivity index (χ4v) is 3.94. The normalized spacial score (nSPS) is 15.6. The second-order valence-electron chi connectivity index (χ2n) is 7.74. The van der Waals surface area contributed by atoms with E-state index >= 15 is 0 Å². The van der Waals surface area contributed by atoms with Crippen LogP contribution in [0.3, 0.4) is 0 Å². The van der Waals surface area contributed by atoms with Crippen LogP contribution in [0, 0.1) is 12.7 Å². The molecule has 1 aromatic carbocycles. The Hall–Kier alpha value is -3.53. The molecule has 3 aromatic rings. The Bertz CT molecular complexity index is 1070. The number of anilines is 3. The molecule has 9 nitrogen and oxygen atoms in total. The first-order valence-corrected chi connectivity index (χ1v) is 10.1. The number of amides is 1. The van der Waals surface area contributed by atoms with Crippen molar-refractivity contribution >= 4 is 23.1 Å². The number of carbonyl (C=O) groups excluding carboxylic acids is 1. The number of aromatic nitrogens is 4. The molecule has 1 aliphatic heterocycles. The van der Waals surface area contributed by atoms with Crippen LogP contribution < -0.4 is 21.7 Å². The minimum absolute atomic E-state index is 0.256. The minimum atomic E-state index is -0.600. The first kappa shape index (κ1) is 20.7. The monoisotopic (exact) mass is 424 g/mol. The van der Waals surface area contributed by atoms with Crippen molar-refractivity contribution in [2.24, 2.45) is 11.5 Å². The molecular weight excluding hydrogens is 399 g/mol. The fraction of sp³-hybridized carbons (Fsp3) is 0.333. The van der Waals surface area contributed by atoms with Gasteiger partial charge >= 0.3 is 0 Å². The zero-order chi connectivity index (χ0) is 22.0. The van der Waals surface area contributed by atoms with Gasteiger partial charge in [0.1, 0.15) is 17.7 Å². The Labute approximate surface area is 179 Å². The van der Waals surface area contributed by atoms with Crippen molar-refractivity contribution in [2.45, 2.75) is 25.3 Å². The Morgan fingerprint density at radius 1 is 1.26 bits per heavy atom. The van der Waals surface area contributed by atoms with Gasteiger partial charge in [0.15, 0.2) is 5.82 Å². The van der Waals surface area contributed by atoms with Gasteiger partial charge in [0.05, 0.1) is 23.1 Å². The lowest BCUT2D eigenvalue weighted by molar-refractivity contribution is 0.100. The quantitative estimate of drug-likeness (QED) is 0.551. The zero-order valence-electron chi connectivity index (χ0n) is 17.3. The van der Waals surface area contributed by atoms with E-state index < -0.39 is 11.4 Å². The number of nitrogens with two attached hydrogens (primary N) is 2.